The maximum absolute atomic E-state index is 12.3. The molecule has 0 saturated heterocycles. The molecule has 0 atom stereocenters. The van der Waals surface area contributed by atoms with Crippen molar-refractivity contribution in [2.75, 3.05) is 13.2 Å². The van der Waals surface area contributed by atoms with Gasteiger partial charge in [0, 0.05) is 0 Å². The van der Waals surface area contributed by atoms with Gasteiger partial charge in [-0.1, -0.05) is 0 Å². The van der Waals surface area contributed by atoms with Crippen LogP contribution in [-0.4, -0.2) is 40.7 Å². The van der Waals surface area contributed by atoms with E-state index in [1.807, 2.05) is 0 Å². The predicted octanol–water partition coefficient (Wildman–Crippen LogP) is 3.80. The van der Waals surface area contributed by atoms with Gasteiger partial charge < -0.3 is 14.2 Å². The standard InChI is InChI=1S/C20H28N2O5/c1-5-25-16(23)13-12-22(17(24)27-18(2,3)4)21-15(13)26-11-6-14-19(7-8-19)20(14)9-10-20/h12,14H,5-11H2,1-4H3. The molecule has 1 heterocycles. The number of esters is 1. The normalized spacial score (nSPS) is 21.2. The average Bonchev–Trinajstić information content (AvgIpc) is 3.51. The highest BCUT2D eigenvalue weighted by atomic mass is 16.6. The number of carbonyl (C=O) groups excluding carboxylic acids is 2. The maximum Gasteiger partial charge on any atom is 0.435 e. The molecule has 0 aromatic carbocycles. The van der Waals surface area contributed by atoms with Crippen LogP contribution in [0.3, 0.4) is 0 Å². The van der Waals surface area contributed by atoms with E-state index in [9.17, 15) is 9.59 Å². The Balaban J connectivity index is 1.43. The summed E-state index contributed by atoms with van der Waals surface area (Å²) in [4.78, 5) is 24.5. The number of aromatic nitrogens is 2. The smallest absolute Gasteiger partial charge is 0.435 e. The Morgan fingerprint density at radius 1 is 1.22 bits per heavy atom. The molecule has 0 amide bonds. The van der Waals surface area contributed by atoms with Crippen LogP contribution in [0, 0.1) is 16.7 Å². The predicted molar refractivity (Wildman–Crippen MR) is 96.8 cm³/mol. The molecular weight excluding hydrogens is 348 g/mol. The molecule has 0 aliphatic heterocycles. The maximum atomic E-state index is 12.3. The van der Waals surface area contributed by atoms with Crippen LogP contribution in [0.2, 0.25) is 0 Å². The van der Waals surface area contributed by atoms with E-state index in [4.69, 9.17) is 14.2 Å². The second-order valence-corrected chi connectivity index (χ2v) is 9.00. The highest BCUT2D eigenvalue weighted by Gasteiger charge is 2.85. The lowest BCUT2D eigenvalue weighted by Crippen LogP contribution is -2.27. The molecule has 3 aliphatic rings. The molecule has 2 spiro atoms. The second-order valence-electron chi connectivity index (χ2n) is 9.00. The Morgan fingerprint density at radius 3 is 2.37 bits per heavy atom. The van der Waals surface area contributed by atoms with Gasteiger partial charge in [0.1, 0.15) is 11.2 Å². The lowest BCUT2D eigenvalue weighted by atomic mass is 10.2. The van der Waals surface area contributed by atoms with Crippen molar-refractivity contribution in [3.8, 4) is 5.88 Å². The molecule has 148 valence electrons. The Kier molecular flexibility index (Phi) is 4.05. The fourth-order valence-electron chi connectivity index (χ4n) is 4.84. The number of ether oxygens (including phenoxy) is 3. The van der Waals surface area contributed by atoms with Crippen molar-refractivity contribution in [2.45, 2.75) is 65.4 Å². The molecule has 27 heavy (non-hydrogen) atoms. The van der Waals surface area contributed by atoms with E-state index in [1.165, 1.54) is 31.9 Å². The van der Waals surface area contributed by atoms with Crippen molar-refractivity contribution < 1.29 is 23.8 Å². The molecular formula is C20H28N2O5. The summed E-state index contributed by atoms with van der Waals surface area (Å²) in [6.07, 6.45) is 7.08. The van der Waals surface area contributed by atoms with Crippen LogP contribution in [0.5, 0.6) is 5.88 Å². The van der Waals surface area contributed by atoms with E-state index >= 15 is 0 Å². The van der Waals surface area contributed by atoms with Crippen molar-refractivity contribution in [1.29, 1.82) is 0 Å². The first-order chi connectivity index (χ1) is 12.7. The first-order valence-electron chi connectivity index (χ1n) is 9.85. The lowest BCUT2D eigenvalue weighted by molar-refractivity contribution is 0.0511. The quantitative estimate of drug-likeness (QED) is 0.703. The van der Waals surface area contributed by atoms with Gasteiger partial charge in [0.2, 0.25) is 5.88 Å². The molecule has 0 radical (unpaired) electrons. The number of hydrogen-bond acceptors (Lipinski definition) is 6. The summed E-state index contributed by atoms with van der Waals surface area (Å²) >= 11 is 0. The topological polar surface area (TPSA) is 79.7 Å². The van der Waals surface area contributed by atoms with Crippen molar-refractivity contribution >= 4 is 12.1 Å². The number of nitrogens with zero attached hydrogens (tertiary/aromatic N) is 2. The van der Waals surface area contributed by atoms with Crippen LogP contribution in [0.1, 0.15) is 70.2 Å². The minimum atomic E-state index is -0.655. The van der Waals surface area contributed by atoms with Gasteiger partial charge in [-0.3, -0.25) is 0 Å². The zero-order chi connectivity index (χ0) is 19.4. The summed E-state index contributed by atoms with van der Waals surface area (Å²) < 4.78 is 17.2. The zero-order valence-electron chi connectivity index (χ0n) is 16.5. The van der Waals surface area contributed by atoms with Gasteiger partial charge in [0.05, 0.1) is 19.4 Å². The molecule has 4 rings (SSSR count). The van der Waals surface area contributed by atoms with Crippen molar-refractivity contribution in [3.63, 3.8) is 0 Å². The molecule has 7 heteroatoms. The third-order valence-electron chi connectivity index (χ3n) is 6.22. The number of hydrogen-bond donors (Lipinski definition) is 0. The van der Waals surface area contributed by atoms with Gasteiger partial charge in [-0.25, -0.2) is 9.59 Å². The summed E-state index contributed by atoms with van der Waals surface area (Å²) in [5, 5.41) is 4.14. The second kappa shape index (κ2) is 5.97. The van der Waals surface area contributed by atoms with Gasteiger partial charge in [-0.05, 0) is 76.5 Å². The summed E-state index contributed by atoms with van der Waals surface area (Å²) in [6.45, 7) is 7.78. The van der Waals surface area contributed by atoms with Crippen molar-refractivity contribution in [2.24, 2.45) is 16.7 Å². The summed E-state index contributed by atoms with van der Waals surface area (Å²) in [5.41, 5.74) is 0.740. The molecule has 0 bridgehead atoms. The fraction of sp³-hybridized carbons (Fsp3) is 0.750. The molecule has 3 saturated carbocycles. The molecule has 3 fully saturated rings. The summed E-state index contributed by atoms with van der Waals surface area (Å²) in [7, 11) is 0. The number of rotatable bonds is 6. The lowest BCUT2D eigenvalue weighted by Gasteiger charge is -2.18. The Labute approximate surface area is 159 Å². The molecule has 1 aromatic heterocycles. The van der Waals surface area contributed by atoms with Crippen LogP contribution in [-0.2, 0) is 9.47 Å². The van der Waals surface area contributed by atoms with E-state index in [2.05, 4.69) is 5.10 Å². The van der Waals surface area contributed by atoms with E-state index < -0.39 is 17.7 Å². The number of carbonyl (C=O) groups is 2. The fourth-order valence-corrected chi connectivity index (χ4v) is 4.84. The minimum Gasteiger partial charge on any atom is -0.476 e. The van der Waals surface area contributed by atoms with Crippen LogP contribution in [0.15, 0.2) is 6.20 Å². The van der Waals surface area contributed by atoms with Crippen LogP contribution < -0.4 is 4.74 Å². The van der Waals surface area contributed by atoms with E-state index in [0.717, 1.165) is 17.0 Å². The van der Waals surface area contributed by atoms with Gasteiger partial charge in [-0.2, -0.15) is 4.68 Å². The van der Waals surface area contributed by atoms with E-state index in [0.29, 0.717) is 17.4 Å². The summed E-state index contributed by atoms with van der Waals surface area (Å²) in [5.74, 6) is 0.338. The average molecular weight is 376 g/mol. The highest BCUT2D eigenvalue weighted by Crippen LogP contribution is 2.93. The van der Waals surface area contributed by atoms with Crippen LogP contribution in [0.4, 0.5) is 4.79 Å². The van der Waals surface area contributed by atoms with Gasteiger partial charge >= 0.3 is 12.1 Å². The summed E-state index contributed by atoms with van der Waals surface area (Å²) in [6, 6.07) is 0. The third-order valence-corrected chi connectivity index (χ3v) is 6.22. The molecule has 0 N–H and O–H groups in total. The highest BCUT2D eigenvalue weighted by molar-refractivity contribution is 5.92. The van der Waals surface area contributed by atoms with Crippen LogP contribution >= 0.6 is 0 Å². The van der Waals surface area contributed by atoms with E-state index in [-0.39, 0.29) is 18.1 Å². The van der Waals surface area contributed by atoms with Gasteiger partial charge in [0.25, 0.3) is 0 Å². The van der Waals surface area contributed by atoms with E-state index in [1.54, 1.807) is 27.7 Å². The Bertz CT molecular complexity index is 750. The monoisotopic (exact) mass is 376 g/mol. The number of fused-ring (bicyclic) bond motifs is 1. The van der Waals surface area contributed by atoms with Crippen molar-refractivity contribution in [3.05, 3.63) is 11.8 Å². The van der Waals surface area contributed by atoms with Gasteiger partial charge in [0.15, 0.2) is 0 Å². The molecule has 7 nitrogen and oxygen atoms in total. The SMILES string of the molecule is CCOC(=O)c1cn(C(=O)OC(C)(C)C)nc1OCCC1C2(CC2)C12CC2. The van der Waals surface area contributed by atoms with Crippen LogP contribution in [0.25, 0.3) is 0 Å². The first-order valence-corrected chi connectivity index (χ1v) is 9.85. The largest absolute Gasteiger partial charge is 0.476 e. The molecule has 1 aromatic rings. The molecule has 3 aliphatic carbocycles. The zero-order valence-corrected chi connectivity index (χ0v) is 16.5. The Hall–Kier alpha value is -2.05. The minimum absolute atomic E-state index is 0.134. The first kappa shape index (κ1) is 18.3. The third kappa shape index (κ3) is 3.11. The van der Waals surface area contributed by atoms with Crippen molar-refractivity contribution in [1.82, 2.24) is 9.78 Å². The Morgan fingerprint density at radius 2 is 1.85 bits per heavy atom. The van der Waals surface area contributed by atoms with Gasteiger partial charge in [-0.15, -0.1) is 5.10 Å². The molecule has 0 unspecified atom stereocenters.